The first-order valence-electron chi connectivity index (χ1n) is 11.0. The molecule has 2 aromatic rings. The van der Waals surface area contributed by atoms with Gasteiger partial charge in [-0.25, -0.2) is 4.79 Å². The van der Waals surface area contributed by atoms with Crippen molar-refractivity contribution in [1.29, 1.82) is 0 Å². The molecule has 0 radical (unpaired) electrons. The number of amides is 4. The predicted molar refractivity (Wildman–Crippen MR) is 114 cm³/mol. The van der Waals surface area contributed by atoms with E-state index in [1.807, 2.05) is 30.3 Å². The topological polar surface area (TPSA) is 120 Å². The van der Waals surface area contributed by atoms with Crippen LogP contribution in [-0.4, -0.2) is 50.5 Å². The summed E-state index contributed by atoms with van der Waals surface area (Å²) >= 11 is 0. The number of carbonyl (C=O) groups is 3. The maximum atomic E-state index is 12.6. The highest BCUT2D eigenvalue weighted by atomic mass is 16.2. The van der Waals surface area contributed by atoms with Crippen LogP contribution in [0.4, 0.5) is 10.7 Å². The van der Waals surface area contributed by atoms with Crippen LogP contribution in [0.3, 0.4) is 0 Å². The Morgan fingerprint density at radius 1 is 1.13 bits per heavy atom. The quantitative estimate of drug-likeness (QED) is 0.534. The molecule has 31 heavy (non-hydrogen) atoms. The van der Waals surface area contributed by atoms with Crippen molar-refractivity contribution in [1.82, 2.24) is 25.4 Å². The molecule has 0 spiro atoms. The Balaban J connectivity index is 1.24. The number of aromatic amines is 1. The molecule has 1 aliphatic heterocycles. The molecule has 164 valence electrons. The van der Waals surface area contributed by atoms with Crippen LogP contribution in [-0.2, 0) is 22.4 Å². The Bertz CT molecular complexity index is 922. The Kier molecular flexibility index (Phi) is 6.59. The normalized spacial score (nSPS) is 19.1. The molecule has 1 aromatic heterocycles. The zero-order chi connectivity index (χ0) is 21.6. The molecule has 2 fully saturated rings. The standard InChI is InChI=1S/C22H28N6O3/c29-19(25-21-24-18(26-27-21)11-10-15-8-4-5-9-15)14-17-20(30)28(22(31)23-17)13-12-16-6-2-1-3-7-16/h1-3,6-7,15,17H,4-5,8-14H2,(H,23,31)(H2,24,25,26,27,29)/t17-/m1/s1. The number of benzene rings is 1. The molecule has 9 heteroatoms. The first kappa shape index (κ1) is 21.0. The molecular weight excluding hydrogens is 396 g/mol. The van der Waals surface area contributed by atoms with E-state index >= 15 is 0 Å². The fourth-order valence-corrected chi connectivity index (χ4v) is 4.28. The number of rotatable bonds is 9. The molecule has 1 aromatic carbocycles. The molecule has 9 nitrogen and oxygen atoms in total. The Hall–Kier alpha value is -3.23. The van der Waals surface area contributed by atoms with Crippen molar-refractivity contribution in [2.24, 2.45) is 5.92 Å². The van der Waals surface area contributed by atoms with Crippen molar-refractivity contribution < 1.29 is 14.4 Å². The van der Waals surface area contributed by atoms with Crippen LogP contribution in [0.5, 0.6) is 0 Å². The van der Waals surface area contributed by atoms with Crippen LogP contribution in [0, 0.1) is 5.92 Å². The van der Waals surface area contributed by atoms with Crippen molar-refractivity contribution in [2.75, 3.05) is 11.9 Å². The zero-order valence-electron chi connectivity index (χ0n) is 17.5. The average molecular weight is 425 g/mol. The fourth-order valence-electron chi connectivity index (χ4n) is 4.28. The third kappa shape index (κ3) is 5.48. The number of urea groups is 1. The summed E-state index contributed by atoms with van der Waals surface area (Å²) in [6.07, 6.45) is 7.47. The molecule has 4 amide bonds. The van der Waals surface area contributed by atoms with Gasteiger partial charge in [0.15, 0.2) is 0 Å². The highest BCUT2D eigenvalue weighted by Gasteiger charge is 2.38. The lowest BCUT2D eigenvalue weighted by Crippen LogP contribution is -2.35. The van der Waals surface area contributed by atoms with Gasteiger partial charge >= 0.3 is 6.03 Å². The lowest BCUT2D eigenvalue weighted by Gasteiger charge is -2.12. The summed E-state index contributed by atoms with van der Waals surface area (Å²) in [7, 11) is 0. The Morgan fingerprint density at radius 2 is 1.90 bits per heavy atom. The van der Waals surface area contributed by atoms with Crippen LogP contribution in [0.2, 0.25) is 0 Å². The van der Waals surface area contributed by atoms with Gasteiger partial charge in [0, 0.05) is 13.0 Å². The van der Waals surface area contributed by atoms with Gasteiger partial charge in [0.05, 0.1) is 6.42 Å². The second-order valence-electron chi connectivity index (χ2n) is 8.27. The monoisotopic (exact) mass is 424 g/mol. The van der Waals surface area contributed by atoms with Crippen LogP contribution >= 0.6 is 0 Å². The van der Waals surface area contributed by atoms with Gasteiger partial charge in [-0.1, -0.05) is 56.0 Å². The number of carbonyl (C=O) groups excluding carboxylic acids is 3. The van der Waals surface area contributed by atoms with Crippen molar-refractivity contribution >= 4 is 23.8 Å². The number of aryl methyl sites for hydroxylation is 1. The van der Waals surface area contributed by atoms with Gasteiger partial charge in [0.25, 0.3) is 5.91 Å². The van der Waals surface area contributed by atoms with Crippen molar-refractivity contribution in [3.8, 4) is 0 Å². The first-order chi connectivity index (χ1) is 15.1. The van der Waals surface area contributed by atoms with Crippen LogP contribution < -0.4 is 10.6 Å². The van der Waals surface area contributed by atoms with Gasteiger partial charge in [0.1, 0.15) is 11.9 Å². The second kappa shape index (κ2) is 9.72. The SMILES string of the molecule is O=C(C[C@H]1NC(=O)N(CCc2ccccc2)C1=O)Nc1n[nH]c(CCC2CCCC2)n1. The fraction of sp³-hybridized carbons (Fsp3) is 0.500. The average Bonchev–Trinajstić information content (AvgIpc) is 3.49. The molecule has 2 heterocycles. The molecule has 1 atom stereocenters. The van der Waals surface area contributed by atoms with Crippen LogP contribution in [0.25, 0.3) is 0 Å². The summed E-state index contributed by atoms with van der Waals surface area (Å²) in [5.74, 6) is 0.904. The van der Waals surface area contributed by atoms with Gasteiger partial charge in [-0.3, -0.25) is 24.9 Å². The van der Waals surface area contributed by atoms with Crippen molar-refractivity contribution in [3.05, 3.63) is 41.7 Å². The number of H-pyrrole nitrogens is 1. The summed E-state index contributed by atoms with van der Waals surface area (Å²) in [5, 5.41) is 12.1. The molecule has 2 aliphatic rings. The lowest BCUT2D eigenvalue weighted by molar-refractivity contribution is -0.129. The van der Waals surface area contributed by atoms with E-state index in [2.05, 4.69) is 25.8 Å². The summed E-state index contributed by atoms with van der Waals surface area (Å²) in [4.78, 5) is 42.6. The van der Waals surface area contributed by atoms with E-state index in [1.165, 1.54) is 30.6 Å². The molecule has 1 aliphatic carbocycles. The molecule has 4 rings (SSSR count). The third-order valence-electron chi connectivity index (χ3n) is 6.01. The van der Waals surface area contributed by atoms with E-state index in [4.69, 9.17) is 0 Å². The van der Waals surface area contributed by atoms with Crippen molar-refractivity contribution in [3.63, 3.8) is 0 Å². The van der Waals surface area contributed by atoms with Crippen molar-refractivity contribution in [2.45, 2.75) is 57.4 Å². The molecule has 1 saturated carbocycles. The summed E-state index contributed by atoms with van der Waals surface area (Å²) in [5.41, 5.74) is 1.04. The second-order valence-corrected chi connectivity index (χ2v) is 8.27. The minimum atomic E-state index is -0.871. The summed E-state index contributed by atoms with van der Waals surface area (Å²) < 4.78 is 0. The van der Waals surface area contributed by atoms with Gasteiger partial charge in [-0.2, -0.15) is 4.98 Å². The largest absolute Gasteiger partial charge is 0.325 e. The lowest BCUT2D eigenvalue weighted by atomic mass is 10.0. The zero-order valence-corrected chi connectivity index (χ0v) is 17.5. The Labute approximate surface area is 181 Å². The summed E-state index contributed by atoms with van der Waals surface area (Å²) in [6, 6.07) is 8.30. The minimum Gasteiger partial charge on any atom is -0.325 e. The minimum absolute atomic E-state index is 0.154. The van der Waals surface area contributed by atoms with E-state index in [0.29, 0.717) is 6.42 Å². The highest BCUT2D eigenvalue weighted by Crippen LogP contribution is 2.28. The molecule has 3 N–H and O–H groups in total. The number of anilines is 1. The smallest absolute Gasteiger partial charge is 0.324 e. The van der Waals surface area contributed by atoms with Crippen LogP contribution in [0.15, 0.2) is 30.3 Å². The maximum Gasteiger partial charge on any atom is 0.324 e. The van der Waals surface area contributed by atoms with Gasteiger partial charge < -0.3 is 5.32 Å². The van der Waals surface area contributed by atoms with E-state index in [9.17, 15) is 14.4 Å². The van der Waals surface area contributed by atoms with E-state index in [-0.39, 0.29) is 24.8 Å². The molecule has 0 bridgehead atoms. The van der Waals surface area contributed by atoms with Gasteiger partial charge in [-0.05, 0) is 24.3 Å². The number of nitrogens with one attached hydrogen (secondary N) is 3. The van der Waals surface area contributed by atoms with Gasteiger partial charge in [-0.15, -0.1) is 5.10 Å². The van der Waals surface area contributed by atoms with Gasteiger partial charge in [0.2, 0.25) is 11.9 Å². The number of hydrogen-bond donors (Lipinski definition) is 3. The number of imide groups is 1. The third-order valence-corrected chi connectivity index (χ3v) is 6.01. The Morgan fingerprint density at radius 3 is 2.68 bits per heavy atom. The highest BCUT2D eigenvalue weighted by molar-refractivity contribution is 6.06. The van der Waals surface area contributed by atoms with E-state index in [1.54, 1.807) is 0 Å². The van der Waals surface area contributed by atoms with E-state index < -0.39 is 18.0 Å². The number of aromatic nitrogens is 3. The molecular formula is C22H28N6O3. The number of hydrogen-bond acceptors (Lipinski definition) is 5. The summed E-state index contributed by atoms with van der Waals surface area (Å²) in [6.45, 7) is 0.276. The predicted octanol–water partition coefficient (Wildman–Crippen LogP) is 2.42. The molecule has 0 unspecified atom stereocenters. The van der Waals surface area contributed by atoms with E-state index in [0.717, 1.165) is 30.1 Å². The number of nitrogens with zero attached hydrogens (tertiary/aromatic N) is 3. The first-order valence-corrected chi connectivity index (χ1v) is 11.0. The maximum absolute atomic E-state index is 12.6. The van der Waals surface area contributed by atoms with Crippen LogP contribution in [0.1, 0.15) is 49.9 Å². The molecule has 1 saturated heterocycles.